The highest BCUT2D eigenvalue weighted by molar-refractivity contribution is 5.81. The molecule has 0 bridgehead atoms. The van der Waals surface area contributed by atoms with Gasteiger partial charge in [-0.05, 0) is 24.8 Å². The Balaban J connectivity index is 1.48. The molecule has 0 spiro atoms. The molecule has 2 atom stereocenters. The second-order valence-electron chi connectivity index (χ2n) is 6.83. The molecule has 2 saturated heterocycles. The number of nitrogens with one attached hydrogen (secondary N) is 1. The Morgan fingerprint density at radius 2 is 2.00 bits per heavy atom. The predicted molar refractivity (Wildman–Crippen MR) is 95.4 cm³/mol. The Bertz CT molecular complexity index is 818. The zero-order valence-corrected chi connectivity index (χ0v) is 14.1. The normalized spacial score (nSPS) is 22.7. The molecule has 0 radical (unpaired) electrons. The predicted octanol–water partition coefficient (Wildman–Crippen LogP) is 1.86. The van der Waals surface area contributed by atoms with Crippen molar-refractivity contribution in [1.29, 1.82) is 0 Å². The van der Waals surface area contributed by atoms with Crippen molar-refractivity contribution in [3.05, 3.63) is 58.5 Å². The summed E-state index contributed by atoms with van der Waals surface area (Å²) in [5.74, 6) is 0.215. The summed E-state index contributed by atoms with van der Waals surface area (Å²) in [6.45, 7) is 1.32. The van der Waals surface area contributed by atoms with Crippen molar-refractivity contribution in [1.82, 2.24) is 14.7 Å². The monoisotopic (exact) mass is 338 g/mol. The lowest BCUT2D eigenvalue weighted by Gasteiger charge is -2.32. The average molecular weight is 338 g/mol. The zero-order valence-electron chi connectivity index (χ0n) is 14.1. The van der Waals surface area contributed by atoms with Gasteiger partial charge in [-0.15, -0.1) is 0 Å². The molecule has 1 N–H and O–H groups in total. The molecule has 6 nitrogen and oxygen atoms in total. The SMILES string of the molecule is O=C1CC(Nc2cnn(Cc3ccccc3)c(=O)c2)C2CCCCN12. The molecule has 2 unspecified atom stereocenters. The molecule has 2 aliphatic rings. The van der Waals surface area contributed by atoms with E-state index in [1.54, 1.807) is 12.3 Å². The van der Waals surface area contributed by atoms with Crippen LogP contribution in [0.25, 0.3) is 0 Å². The second kappa shape index (κ2) is 6.70. The molecular weight excluding hydrogens is 316 g/mol. The van der Waals surface area contributed by atoms with Crippen LogP contribution in [0.3, 0.4) is 0 Å². The van der Waals surface area contributed by atoms with Crippen LogP contribution in [0.5, 0.6) is 0 Å². The molecule has 0 aliphatic carbocycles. The van der Waals surface area contributed by atoms with Gasteiger partial charge in [-0.2, -0.15) is 5.10 Å². The number of amides is 1. The quantitative estimate of drug-likeness (QED) is 0.924. The Hall–Kier alpha value is -2.63. The number of carbonyl (C=O) groups is 1. The Morgan fingerprint density at radius 3 is 2.80 bits per heavy atom. The number of rotatable bonds is 4. The summed E-state index contributed by atoms with van der Waals surface area (Å²) < 4.78 is 1.45. The van der Waals surface area contributed by atoms with E-state index < -0.39 is 0 Å². The van der Waals surface area contributed by atoms with Crippen LogP contribution in [-0.2, 0) is 11.3 Å². The Labute approximate surface area is 146 Å². The maximum Gasteiger partial charge on any atom is 0.269 e. The van der Waals surface area contributed by atoms with Gasteiger partial charge in [-0.25, -0.2) is 4.68 Å². The molecule has 2 aromatic rings. The third-order valence-electron chi connectivity index (χ3n) is 5.13. The van der Waals surface area contributed by atoms with E-state index in [-0.39, 0.29) is 23.6 Å². The summed E-state index contributed by atoms with van der Waals surface area (Å²) in [7, 11) is 0. The highest BCUT2D eigenvalue weighted by Gasteiger charge is 2.40. The third-order valence-corrected chi connectivity index (χ3v) is 5.13. The number of hydrogen-bond acceptors (Lipinski definition) is 4. The summed E-state index contributed by atoms with van der Waals surface area (Å²) in [4.78, 5) is 26.5. The Kier molecular flexibility index (Phi) is 4.26. The van der Waals surface area contributed by atoms with Crippen LogP contribution in [0.2, 0.25) is 0 Å². The molecule has 1 aromatic carbocycles. The van der Waals surface area contributed by atoms with Gasteiger partial charge in [-0.1, -0.05) is 30.3 Å². The first-order valence-corrected chi connectivity index (χ1v) is 8.88. The fraction of sp³-hybridized carbons (Fsp3) is 0.421. The minimum atomic E-state index is -0.140. The molecule has 4 rings (SSSR count). The van der Waals surface area contributed by atoms with Crippen LogP contribution < -0.4 is 10.9 Å². The van der Waals surface area contributed by atoms with E-state index in [0.29, 0.717) is 18.7 Å². The van der Waals surface area contributed by atoms with E-state index >= 15 is 0 Å². The van der Waals surface area contributed by atoms with Crippen molar-refractivity contribution in [3.8, 4) is 0 Å². The van der Waals surface area contributed by atoms with Crippen LogP contribution in [0, 0.1) is 0 Å². The first-order valence-electron chi connectivity index (χ1n) is 8.88. The first kappa shape index (κ1) is 15.9. The van der Waals surface area contributed by atoms with E-state index in [0.717, 1.165) is 31.4 Å². The fourth-order valence-corrected chi connectivity index (χ4v) is 3.88. The van der Waals surface area contributed by atoms with Gasteiger partial charge in [0.25, 0.3) is 5.56 Å². The number of aromatic nitrogens is 2. The number of anilines is 1. The van der Waals surface area contributed by atoms with E-state index in [9.17, 15) is 9.59 Å². The molecule has 3 heterocycles. The van der Waals surface area contributed by atoms with Crippen LogP contribution >= 0.6 is 0 Å². The van der Waals surface area contributed by atoms with Crippen LogP contribution in [0.4, 0.5) is 5.69 Å². The summed E-state index contributed by atoms with van der Waals surface area (Å²) in [6.07, 6.45) is 5.45. The molecule has 25 heavy (non-hydrogen) atoms. The summed E-state index contributed by atoms with van der Waals surface area (Å²) >= 11 is 0. The molecule has 1 amide bonds. The van der Waals surface area contributed by atoms with Crippen molar-refractivity contribution >= 4 is 11.6 Å². The highest BCUT2D eigenvalue weighted by atomic mass is 16.2. The number of piperidine rings is 1. The van der Waals surface area contributed by atoms with Gasteiger partial charge in [0, 0.05) is 19.0 Å². The minimum absolute atomic E-state index is 0.0685. The molecule has 2 aliphatic heterocycles. The van der Waals surface area contributed by atoms with Gasteiger partial charge in [0.1, 0.15) is 0 Å². The maximum atomic E-state index is 12.3. The number of nitrogens with zero attached hydrogens (tertiary/aromatic N) is 3. The van der Waals surface area contributed by atoms with Gasteiger partial charge < -0.3 is 10.2 Å². The number of benzene rings is 1. The first-order chi connectivity index (χ1) is 12.2. The van der Waals surface area contributed by atoms with Gasteiger partial charge in [0.05, 0.1) is 30.5 Å². The van der Waals surface area contributed by atoms with Crippen molar-refractivity contribution < 1.29 is 4.79 Å². The van der Waals surface area contributed by atoms with Gasteiger partial charge in [-0.3, -0.25) is 9.59 Å². The number of fused-ring (bicyclic) bond motifs is 1. The third kappa shape index (κ3) is 3.29. The lowest BCUT2D eigenvalue weighted by molar-refractivity contribution is -0.129. The maximum absolute atomic E-state index is 12.3. The van der Waals surface area contributed by atoms with E-state index in [1.165, 1.54) is 4.68 Å². The topological polar surface area (TPSA) is 67.2 Å². The standard InChI is InChI=1S/C19H22N4O2/c24-18-11-16(17-8-4-5-9-22(17)18)21-15-10-19(25)23(20-12-15)13-14-6-2-1-3-7-14/h1-3,6-7,10,12,16-17,21H,4-5,8-9,11,13H2. The largest absolute Gasteiger partial charge is 0.378 e. The summed E-state index contributed by atoms with van der Waals surface area (Å²) in [5.41, 5.74) is 1.59. The Morgan fingerprint density at radius 1 is 1.16 bits per heavy atom. The van der Waals surface area contributed by atoms with Gasteiger partial charge in [0.2, 0.25) is 5.91 Å². The summed E-state index contributed by atoms with van der Waals surface area (Å²) in [5, 5.41) is 7.65. The average Bonchev–Trinajstić information content (AvgIpc) is 2.95. The van der Waals surface area contributed by atoms with E-state index in [2.05, 4.69) is 10.4 Å². The van der Waals surface area contributed by atoms with Crippen molar-refractivity contribution in [2.75, 3.05) is 11.9 Å². The van der Waals surface area contributed by atoms with Crippen molar-refractivity contribution in [3.63, 3.8) is 0 Å². The summed E-state index contributed by atoms with van der Waals surface area (Å²) in [6, 6.07) is 11.7. The van der Waals surface area contributed by atoms with E-state index in [1.807, 2.05) is 35.2 Å². The van der Waals surface area contributed by atoms with E-state index in [4.69, 9.17) is 0 Å². The molecule has 6 heteroatoms. The van der Waals surface area contributed by atoms with Crippen LogP contribution in [-0.4, -0.2) is 39.2 Å². The van der Waals surface area contributed by atoms with Crippen molar-refractivity contribution in [2.24, 2.45) is 0 Å². The van der Waals surface area contributed by atoms with Gasteiger partial charge in [0.15, 0.2) is 0 Å². The number of hydrogen-bond donors (Lipinski definition) is 1. The smallest absolute Gasteiger partial charge is 0.269 e. The molecular formula is C19H22N4O2. The molecule has 130 valence electrons. The highest BCUT2D eigenvalue weighted by Crippen LogP contribution is 2.29. The molecule has 0 saturated carbocycles. The molecule has 1 aromatic heterocycles. The lowest BCUT2D eigenvalue weighted by Crippen LogP contribution is -2.43. The molecule has 2 fully saturated rings. The second-order valence-corrected chi connectivity index (χ2v) is 6.83. The van der Waals surface area contributed by atoms with Crippen LogP contribution in [0.15, 0.2) is 47.4 Å². The number of carbonyl (C=O) groups excluding carboxylic acids is 1. The van der Waals surface area contributed by atoms with Gasteiger partial charge >= 0.3 is 0 Å². The fourth-order valence-electron chi connectivity index (χ4n) is 3.88. The minimum Gasteiger partial charge on any atom is -0.378 e. The van der Waals surface area contributed by atoms with Crippen LogP contribution in [0.1, 0.15) is 31.2 Å². The lowest BCUT2D eigenvalue weighted by atomic mass is 9.99. The van der Waals surface area contributed by atoms with Crippen molar-refractivity contribution in [2.45, 2.75) is 44.3 Å². The zero-order chi connectivity index (χ0) is 17.2.